The molecule has 1 rings (SSSR count). The van der Waals surface area contributed by atoms with Gasteiger partial charge in [0.1, 0.15) is 0 Å². The Morgan fingerprint density at radius 3 is 2.15 bits per heavy atom. The number of nitrogens with zero attached hydrogens (tertiary/aromatic N) is 3. The topological polar surface area (TPSA) is 40.5 Å². The van der Waals surface area contributed by atoms with Gasteiger partial charge >= 0.3 is 17.1 Å². The third kappa shape index (κ3) is 10.9. The van der Waals surface area contributed by atoms with Crippen LogP contribution in [-0.4, -0.2) is 33.8 Å². The van der Waals surface area contributed by atoms with Crippen LogP contribution in [0.2, 0.25) is 0 Å². The molecule has 1 aromatic heterocycles. The smallest absolute Gasteiger partial charge is 0.348 e. The van der Waals surface area contributed by atoms with E-state index in [-0.39, 0.29) is 17.1 Å². The predicted octanol–water partition coefficient (Wildman–Crippen LogP) is 5.14. The second kappa shape index (κ2) is 16.2. The second-order valence-electron chi connectivity index (χ2n) is 6.44. The molecule has 0 aliphatic carbocycles. The Bertz CT molecular complexity index is 496. The summed E-state index contributed by atoms with van der Waals surface area (Å²) >= 11 is 5.59. The summed E-state index contributed by atoms with van der Waals surface area (Å²) in [7, 11) is 0. The van der Waals surface area contributed by atoms with E-state index in [1.165, 1.54) is 51.4 Å². The average Bonchev–Trinajstić information content (AvgIpc) is 2.65. The van der Waals surface area contributed by atoms with Crippen molar-refractivity contribution in [3.05, 3.63) is 30.1 Å². The van der Waals surface area contributed by atoms with E-state index >= 15 is 0 Å². The Balaban J connectivity index is 0.00000625. The van der Waals surface area contributed by atoms with Crippen molar-refractivity contribution in [2.24, 2.45) is 5.10 Å². The van der Waals surface area contributed by atoms with Gasteiger partial charge in [0.2, 0.25) is 0 Å². The van der Waals surface area contributed by atoms with E-state index in [4.69, 9.17) is 12.2 Å². The first-order valence-electron chi connectivity index (χ1n) is 9.69. The third-order valence-electron chi connectivity index (χ3n) is 4.21. The number of hydrogen-bond donors (Lipinski definition) is 1. The summed E-state index contributed by atoms with van der Waals surface area (Å²) in [4.78, 5) is 6.59. The fourth-order valence-electron chi connectivity index (χ4n) is 2.61. The van der Waals surface area contributed by atoms with Crippen LogP contribution in [0.4, 0.5) is 0 Å². The Morgan fingerprint density at radius 2 is 1.65 bits per heavy atom. The predicted molar refractivity (Wildman–Crippen MR) is 112 cm³/mol. The molecular weight excluding hydrogens is 392 g/mol. The van der Waals surface area contributed by atoms with E-state index < -0.39 is 0 Å². The Morgan fingerprint density at radius 1 is 1.04 bits per heavy atom. The molecule has 1 radical (unpaired) electrons. The molecule has 0 aliphatic rings. The van der Waals surface area contributed by atoms with E-state index in [2.05, 4.69) is 34.3 Å². The summed E-state index contributed by atoms with van der Waals surface area (Å²) in [6.45, 7) is 8.45. The van der Waals surface area contributed by atoms with Gasteiger partial charge in [-0.25, -0.2) is 0 Å². The molecule has 26 heavy (non-hydrogen) atoms. The minimum atomic E-state index is 0. The summed E-state index contributed by atoms with van der Waals surface area (Å²) in [6, 6.07) is 5.83. The number of hydrazone groups is 1. The number of aromatic nitrogens is 1. The van der Waals surface area contributed by atoms with Gasteiger partial charge in [0.05, 0.1) is 11.4 Å². The van der Waals surface area contributed by atoms with E-state index in [9.17, 15) is 0 Å². The molecule has 0 atom stereocenters. The van der Waals surface area contributed by atoms with Gasteiger partial charge in [-0.2, -0.15) is 5.10 Å². The van der Waals surface area contributed by atoms with Crippen molar-refractivity contribution in [3.8, 4) is 0 Å². The largest absolute Gasteiger partial charge is 2.00 e. The van der Waals surface area contributed by atoms with Gasteiger partial charge in [-0.15, -0.1) is 0 Å². The second-order valence-corrected chi connectivity index (χ2v) is 6.82. The van der Waals surface area contributed by atoms with Crippen LogP contribution in [0.1, 0.15) is 77.8 Å². The van der Waals surface area contributed by atoms with E-state index in [1.807, 2.05) is 25.1 Å². The van der Waals surface area contributed by atoms with Crippen molar-refractivity contribution in [3.63, 3.8) is 0 Å². The zero-order chi connectivity index (χ0) is 18.3. The number of rotatable bonds is 12. The Kier molecular flexibility index (Phi) is 15.6. The molecule has 6 heteroatoms. The average molecular weight is 426 g/mol. The number of hydrogen-bond acceptors (Lipinski definition) is 3. The van der Waals surface area contributed by atoms with Gasteiger partial charge < -0.3 is 4.90 Å². The van der Waals surface area contributed by atoms with E-state index in [0.29, 0.717) is 0 Å². The number of unbranched alkanes of at least 4 members (excludes halogenated alkanes) is 6. The van der Waals surface area contributed by atoms with E-state index in [1.54, 1.807) is 6.20 Å². The van der Waals surface area contributed by atoms with Gasteiger partial charge in [-0.1, -0.05) is 58.4 Å². The van der Waals surface area contributed by atoms with Crippen molar-refractivity contribution >= 4 is 23.0 Å². The molecule has 1 aromatic rings. The van der Waals surface area contributed by atoms with Gasteiger partial charge in [0, 0.05) is 19.3 Å². The normalized spacial score (nSPS) is 11.0. The molecule has 149 valence electrons. The van der Waals surface area contributed by atoms with Crippen LogP contribution in [0.25, 0.3) is 0 Å². The summed E-state index contributed by atoms with van der Waals surface area (Å²) in [5.74, 6) is 0. The zero-order valence-corrected chi connectivity index (χ0v) is 18.2. The molecule has 0 amide bonds. The Hall–Kier alpha value is -0.971. The first kappa shape index (κ1) is 25.0. The molecule has 1 N–H and O–H groups in total. The third-order valence-corrected chi connectivity index (χ3v) is 4.55. The first-order chi connectivity index (χ1) is 12.2. The van der Waals surface area contributed by atoms with Crippen molar-refractivity contribution in [1.29, 1.82) is 0 Å². The molecule has 0 fully saturated rings. The number of nitrogens with one attached hydrogen (secondary N) is 1. The summed E-state index contributed by atoms with van der Waals surface area (Å²) < 4.78 is 0. The maximum atomic E-state index is 5.59. The SMILES string of the molecule is CCCCCCN(CCCCCC)C(=S)NN=C(C)c1ccccn1.[Cu+2]. The fourth-order valence-corrected chi connectivity index (χ4v) is 2.84. The molecule has 0 spiro atoms. The van der Waals surface area contributed by atoms with Gasteiger partial charge in [0.15, 0.2) is 5.11 Å². The fraction of sp³-hybridized carbons (Fsp3) is 0.650. The van der Waals surface area contributed by atoms with Crippen molar-refractivity contribution < 1.29 is 17.1 Å². The van der Waals surface area contributed by atoms with Crippen LogP contribution in [0, 0.1) is 0 Å². The van der Waals surface area contributed by atoms with Gasteiger partial charge in [-0.05, 0) is 44.1 Å². The van der Waals surface area contributed by atoms with E-state index in [0.717, 1.165) is 29.6 Å². The van der Waals surface area contributed by atoms with Crippen LogP contribution in [-0.2, 0) is 17.1 Å². The molecule has 0 saturated heterocycles. The Labute approximate surface area is 175 Å². The summed E-state index contributed by atoms with van der Waals surface area (Å²) in [5, 5.41) is 5.15. The minimum Gasteiger partial charge on any atom is -0.348 e. The summed E-state index contributed by atoms with van der Waals surface area (Å²) in [5.41, 5.74) is 4.79. The molecule has 1 heterocycles. The van der Waals surface area contributed by atoms with Crippen molar-refractivity contribution in [1.82, 2.24) is 15.3 Å². The molecule has 0 saturated carbocycles. The molecule has 0 unspecified atom stereocenters. The van der Waals surface area contributed by atoms with Crippen LogP contribution >= 0.6 is 12.2 Å². The van der Waals surface area contributed by atoms with Gasteiger partial charge in [0.25, 0.3) is 0 Å². The van der Waals surface area contributed by atoms with Crippen LogP contribution in [0.5, 0.6) is 0 Å². The maximum absolute atomic E-state index is 5.59. The monoisotopic (exact) mass is 425 g/mol. The minimum absolute atomic E-state index is 0. The zero-order valence-electron chi connectivity index (χ0n) is 16.4. The molecule has 0 aromatic carbocycles. The molecule has 0 bridgehead atoms. The molecule has 0 aliphatic heterocycles. The van der Waals surface area contributed by atoms with Crippen molar-refractivity contribution in [2.75, 3.05) is 13.1 Å². The standard InChI is InChI=1S/C20H34N4S.Cu/c1-4-6-8-12-16-24(17-13-9-7-5-2)20(25)23-22-18(3)19-14-10-11-15-21-19;/h10-11,14-15H,4-9,12-13,16-17H2,1-3H3,(H,23,25);/q;+2. The van der Waals surface area contributed by atoms with Crippen LogP contribution < -0.4 is 5.43 Å². The maximum Gasteiger partial charge on any atom is 2.00 e. The number of pyridine rings is 1. The summed E-state index contributed by atoms with van der Waals surface area (Å²) in [6.07, 6.45) is 11.8. The quantitative estimate of drug-likeness (QED) is 0.165. The van der Waals surface area contributed by atoms with Crippen LogP contribution in [0.3, 0.4) is 0 Å². The van der Waals surface area contributed by atoms with Crippen molar-refractivity contribution in [2.45, 2.75) is 72.1 Å². The first-order valence-corrected chi connectivity index (χ1v) is 10.1. The van der Waals surface area contributed by atoms with Gasteiger partial charge in [-0.3, -0.25) is 10.4 Å². The van der Waals surface area contributed by atoms with Crippen LogP contribution in [0.15, 0.2) is 29.5 Å². The molecule has 4 nitrogen and oxygen atoms in total. The molecular formula is C20H34CuN4S+2. The number of thiocarbonyl (C=S) groups is 1.